The molecule has 1 N–H and O–H groups in total. The summed E-state index contributed by atoms with van der Waals surface area (Å²) >= 11 is 0. The molecule has 0 radical (unpaired) electrons. The van der Waals surface area contributed by atoms with E-state index in [2.05, 4.69) is 16.4 Å². The second-order valence-electron chi connectivity index (χ2n) is 7.69. The molecule has 4 rings (SSSR count). The van der Waals surface area contributed by atoms with Crippen LogP contribution in [0, 0.1) is 5.92 Å². The molecule has 7 nitrogen and oxygen atoms in total. The third-order valence-electron chi connectivity index (χ3n) is 5.68. The Balaban J connectivity index is 1.58. The number of hydrogen-bond acceptors (Lipinski definition) is 4. The van der Waals surface area contributed by atoms with E-state index in [1.807, 2.05) is 42.5 Å². The number of amides is 2. The van der Waals surface area contributed by atoms with E-state index in [0.29, 0.717) is 31.9 Å². The second-order valence-corrected chi connectivity index (χ2v) is 7.69. The highest BCUT2D eigenvalue weighted by atomic mass is 16.5. The van der Waals surface area contributed by atoms with Gasteiger partial charge in [-0.15, -0.1) is 0 Å². The van der Waals surface area contributed by atoms with Gasteiger partial charge in [-0.3, -0.25) is 9.59 Å². The fourth-order valence-corrected chi connectivity index (χ4v) is 3.97. The summed E-state index contributed by atoms with van der Waals surface area (Å²) in [6, 6.07) is 16.0. The van der Waals surface area contributed by atoms with E-state index >= 15 is 0 Å². The lowest BCUT2D eigenvalue weighted by molar-refractivity contribution is -0.124. The van der Waals surface area contributed by atoms with Crippen LogP contribution in [-0.2, 0) is 18.3 Å². The second kappa shape index (κ2) is 9.04. The first-order valence-electron chi connectivity index (χ1n) is 10.3. The smallest absolute Gasteiger partial charge is 0.289 e. The predicted molar refractivity (Wildman–Crippen MR) is 118 cm³/mol. The molecule has 160 valence electrons. The molecule has 1 saturated heterocycles. The molecule has 1 aliphatic heterocycles. The van der Waals surface area contributed by atoms with Gasteiger partial charge in [-0.25, -0.2) is 4.98 Å². The monoisotopic (exact) mass is 418 g/mol. The van der Waals surface area contributed by atoms with Crippen molar-refractivity contribution in [2.75, 3.05) is 26.7 Å². The molecule has 1 atom stereocenters. The fourth-order valence-electron chi connectivity index (χ4n) is 3.97. The third-order valence-corrected chi connectivity index (χ3v) is 5.68. The molecular weight excluding hydrogens is 392 g/mol. The Hall–Kier alpha value is -3.61. The van der Waals surface area contributed by atoms with Crippen molar-refractivity contribution < 1.29 is 14.3 Å². The van der Waals surface area contributed by atoms with Gasteiger partial charge < -0.3 is 19.5 Å². The van der Waals surface area contributed by atoms with Gasteiger partial charge in [0.25, 0.3) is 5.91 Å². The van der Waals surface area contributed by atoms with Gasteiger partial charge in [0.1, 0.15) is 5.75 Å². The highest BCUT2D eigenvalue weighted by Crippen LogP contribution is 2.28. The lowest BCUT2D eigenvalue weighted by Crippen LogP contribution is -2.38. The Morgan fingerprint density at radius 2 is 1.97 bits per heavy atom. The SMILES string of the molecule is COc1ccc(-c2ccccc2CC2CN(C(=O)c3nccn3C)CCNC2=O)cc1. The van der Waals surface area contributed by atoms with E-state index in [1.54, 1.807) is 36.0 Å². The molecule has 0 saturated carbocycles. The molecule has 1 aromatic heterocycles. The van der Waals surface area contributed by atoms with Crippen LogP contribution in [0.5, 0.6) is 5.75 Å². The summed E-state index contributed by atoms with van der Waals surface area (Å²) in [5.41, 5.74) is 3.20. The first kappa shape index (κ1) is 20.7. The zero-order valence-corrected chi connectivity index (χ0v) is 17.7. The summed E-state index contributed by atoms with van der Waals surface area (Å²) in [5, 5.41) is 2.96. The number of aromatic nitrogens is 2. The van der Waals surface area contributed by atoms with E-state index in [9.17, 15) is 9.59 Å². The molecule has 0 spiro atoms. The van der Waals surface area contributed by atoms with Gasteiger partial charge in [0.05, 0.1) is 13.0 Å². The van der Waals surface area contributed by atoms with Crippen LogP contribution < -0.4 is 10.1 Å². The molecule has 1 unspecified atom stereocenters. The number of carbonyl (C=O) groups is 2. The average molecular weight is 418 g/mol. The minimum Gasteiger partial charge on any atom is -0.497 e. The van der Waals surface area contributed by atoms with Crippen LogP contribution in [0.1, 0.15) is 16.2 Å². The summed E-state index contributed by atoms with van der Waals surface area (Å²) in [6.07, 6.45) is 3.90. The summed E-state index contributed by atoms with van der Waals surface area (Å²) in [4.78, 5) is 31.7. The summed E-state index contributed by atoms with van der Waals surface area (Å²) in [6.45, 7) is 1.26. The Labute approximate surface area is 181 Å². The van der Waals surface area contributed by atoms with Crippen molar-refractivity contribution in [1.29, 1.82) is 0 Å². The maximum Gasteiger partial charge on any atom is 0.289 e. The summed E-state index contributed by atoms with van der Waals surface area (Å²) in [5.74, 6) is 0.655. The van der Waals surface area contributed by atoms with Crippen molar-refractivity contribution in [3.63, 3.8) is 0 Å². The summed E-state index contributed by atoms with van der Waals surface area (Å²) in [7, 11) is 3.44. The van der Waals surface area contributed by atoms with Crippen LogP contribution in [0.2, 0.25) is 0 Å². The molecule has 2 aromatic carbocycles. The number of nitrogens with zero attached hydrogens (tertiary/aromatic N) is 3. The lowest BCUT2D eigenvalue weighted by atomic mass is 9.91. The quantitative estimate of drug-likeness (QED) is 0.691. The van der Waals surface area contributed by atoms with Gasteiger partial charge >= 0.3 is 0 Å². The maximum absolute atomic E-state index is 13.0. The number of ether oxygens (including phenoxy) is 1. The van der Waals surface area contributed by atoms with Crippen molar-refractivity contribution in [3.05, 3.63) is 72.3 Å². The number of nitrogens with one attached hydrogen (secondary N) is 1. The summed E-state index contributed by atoms with van der Waals surface area (Å²) < 4.78 is 6.97. The first-order valence-corrected chi connectivity index (χ1v) is 10.3. The van der Waals surface area contributed by atoms with Gasteiger partial charge in [0, 0.05) is 39.1 Å². The van der Waals surface area contributed by atoms with Crippen LogP contribution in [0.3, 0.4) is 0 Å². The van der Waals surface area contributed by atoms with Gasteiger partial charge in [-0.2, -0.15) is 0 Å². The van der Waals surface area contributed by atoms with E-state index in [1.165, 1.54) is 0 Å². The van der Waals surface area contributed by atoms with E-state index < -0.39 is 0 Å². The third kappa shape index (κ3) is 4.45. The Kier molecular flexibility index (Phi) is 6.02. The largest absolute Gasteiger partial charge is 0.497 e. The number of aryl methyl sites for hydroxylation is 1. The number of rotatable bonds is 5. The molecule has 2 amide bonds. The van der Waals surface area contributed by atoms with Gasteiger partial charge in [0.15, 0.2) is 5.82 Å². The molecule has 0 aliphatic carbocycles. The molecule has 31 heavy (non-hydrogen) atoms. The predicted octanol–water partition coefficient (Wildman–Crippen LogP) is 2.53. The molecule has 1 fully saturated rings. The molecule has 7 heteroatoms. The molecule has 2 heterocycles. The van der Waals surface area contributed by atoms with Gasteiger partial charge in [-0.05, 0) is 35.2 Å². The molecule has 3 aromatic rings. The standard InChI is InChI=1S/C24H26N4O3/c1-27-13-11-25-22(27)24(30)28-14-12-26-23(29)19(16-28)15-18-5-3-4-6-21(18)17-7-9-20(31-2)10-8-17/h3-11,13,19H,12,14-16H2,1-2H3,(H,26,29). The minimum atomic E-state index is -0.342. The van der Waals surface area contributed by atoms with Crippen molar-refractivity contribution in [2.24, 2.45) is 13.0 Å². The van der Waals surface area contributed by atoms with Crippen LogP contribution in [0.25, 0.3) is 11.1 Å². The highest BCUT2D eigenvalue weighted by Gasteiger charge is 2.30. The first-order chi connectivity index (χ1) is 15.1. The lowest BCUT2D eigenvalue weighted by Gasteiger charge is -2.23. The van der Waals surface area contributed by atoms with Crippen molar-refractivity contribution in [1.82, 2.24) is 19.8 Å². The van der Waals surface area contributed by atoms with Gasteiger partial charge in [0.2, 0.25) is 5.91 Å². The minimum absolute atomic E-state index is 0.0281. The Morgan fingerprint density at radius 3 is 2.68 bits per heavy atom. The van der Waals surface area contributed by atoms with Crippen molar-refractivity contribution in [2.45, 2.75) is 6.42 Å². The van der Waals surface area contributed by atoms with Crippen LogP contribution in [-0.4, -0.2) is 53.0 Å². The van der Waals surface area contributed by atoms with Crippen LogP contribution in [0.4, 0.5) is 0 Å². The topological polar surface area (TPSA) is 76.5 Å². The van der Waals surface area contributed by atoms with Crippen LogP contribution in [0.15, 0.2) is 60.9 Å². The van der Waals surface area contributed by atoms with E-state index in [-0.39, 0.29) is 17.7 Å². The normalized spacial score (nSPS) is 16.5. The number of methoxy groups -OCH3 is 1. The number of carbonyl (C=O) groups excluding carboxylic acids is 2. The number of hydrogen-bond donors (Lipinski definition) is 1. The molecule has 1 aliphatic rings. The zero-order chi connectivity index (χ0) is 21.8. The maximum atomic E-state index is 13.0. The average Bonchev–Trinajstić information content (AvgIpc) is 3.14. The van der Waals surface area contributed by atoms with E-state index in [0.717, 1.165) is 22.4 Å². The van der Waals surface area contributed by atoms with Crippen molar-refractivity contribution >= 4 is 11.8 Å². The number of imidazole rings is 1. The van der Waals surface area contributed by atoms with Crippen molar-refractivity contribution in [3.8, 4) is 16.9 Å². The fraction of sp³-hybridized carbons (Fsp3) is 0.292. The molecule has 0 bridgehead atoms. The van der Waals surface area contributed by atoms with Crippen LogP contribution >= 0.6 is 0 Å². The molecular formula is C24H26N4O3. The number of benzene rings is 2. The Morgan fingerprint density at radius 1 is 1.19 bits per heavy atom. The highest BCUT2D eigenvalue weighted by molar-refractivity contribution is 5.91. The van der Waals surface area contributed by atoms with Gasteiger partial charge in [-0.1, -0.05) is 36.4 Å². The Bertz CT molecular complexity index is 1070. The zero-order valence-electron chi connectivity index (χ0n) is 17.7. The van der Waals surface area contributed by atoms with E-state index in [4.69, 9.17) is 4.74 Å².